The summed E-state index contributed by atoms with van der Waals surface area (Å²) in [6, 6.07) is 12.2. The number of rotatable bonds is 2. The topological polar surface area (TPSA) is 41.9 Å². The van der Waals surface area contributed by atoms with E-state index in [0.717, 1.165) is 41.2 Å². The Hall–Kier alpha value is -2.49. The number of anilines is 1. The Morgan fingerprint density at radius 2 is 1.62 bits per heavy atom. The van der Waals surface area contributed by atoms with Crippen LogP contribution in [0.15, 0.2) is 48.8 Å². The van der Waals surface area contributed by atoms with Gasteiger partial charge in [0, 0.05) is 36.4 Å². The third kappa shape index (κ3) is 2.84. The van der Waals surface area contributed by atoms with Crippen LogP contribution < -0.4 is 4.90 Å². The second kappa shape index (κ2) is 6.19. The third-order valence-corrected chi connectivity index (χ3v) is 4.69. The Balaban J connectivity index is 1.87. The summed E-state index contributed by atoms with van der Waals surface area (Å²) >= 11 is 0. The lowest BCUT2D eigenvalue weighted by Gasteiger charge is -2.36. The van der Waals surface area contributed by atoms with E-state index in [1.807, 2.05) is 18.2 Å². The smallest absolute Gasteiger partial charge is 0.162 e. The molecule has 4 heteroatoms. The molecule has 122 valence electrons. The van der Waals surface area contributed by atoms with Crippen LogP contribution in [-0.2, 0) is 0 Å². The van der Waals surface area contributed by atoms with Crippen molar-refractivity contribution in [1.29, 1.82) is 0 Å². The fourth-order valence-corrected chi connectivity index (χ4v) is 3.77. The van der Waals surface area contributed by atoms with Gasteiger partial charge < -0.3 is 4.90 Å². The summed E-state index contributed by atoms with van der Waals surface area (Å²) in [6.07, 6.45) is 4.87. The molecule has 2 atom stereocenters. The maximum Gasteiger partial charge on any atom is 0.162 e. The Kier molecular flexibility index (Phi) is 3.89. The number of fused-ring (bicyclic) bond motifs is 1. The summed E-state index contributed by atoms with van der Waals surface area (Å²) in [7, 11) is 0. The number of hydrogen-bond acceptors (Lipinski definition) is 4. The van der Waals surface area contributed by atoms with Gasteiger partial charge in [-0.15, -0.1) is 0 Å². The van der Waals surface area contributed by atoms with Crippen molar-refractivity contribution in [3.8, 4) is 11.4 Å². The van der Waals surface area contributed by atoms with Crippen molar-refractivity contribution < 1.29 is 0 Å². The van der Waals surface area contributed by atoms with Gasteiger partial charge in [0.1, 0.15) is 5.82 Å². The molecule has 2 aromatic heterocycles. The molecule has 4 rings (SSSR count). The predicted molar refractivity (Wildman–Crippen MR) is 97.9 cm³/mol. The monoisotopic (exact) mass is 318 g/mol. The van der Waals surface area contributed by atoms with Crippen LogP contribution in [0.2, 0.25) is 0 Å². The van der Waals surface area contributed by atoms with E-state index in [-0.39, 0.29) is 0 Å². The van der Waals surface area contributed by atoms with Gasteiger partial charge in [-0.1, -0.05) is 26.0 Å². The van der Waals surface area contributed by atoms with Crippen molar-refractivity contribution in [2.45, 2.75) is 20.3 Å². The van der Waals surface area contributed by atoms with Crippen molar-refractivity contribution in [3.63, 3.8) is 0 Å². The molecule has 3 aromatic rings. The first-order chi connectivity index (χ1) is 11.7. The molecule has 0 spiro atoms. The fourth-order valence-electron chi connectivity index (χ4n) is 3.77. The number of para-hydroxylation sites is 1. The maximum atomic E-state index is 4.95. The van der Waals surface area contributed by atoms with Crippen LogP contribution in [0.3, 0.4) is 0 Å². The van der Waals surface area contributed by atoms with Crippen LogP contribution in [0.1, 0.15) is 20.3 Å². The highest BCUT2D eigenvalue weighted by Crippen LogP contribution is 2.31. The normalized spacial score (nSPS) is 21.2. The molecule has 0 radical (unpaired) electrons. The Bertz CT molecular complexity index is 837. The summed E-state index contributed by atoms with van der Waals surface area (Å²) in [5.41, 5.74) is 2.01. The maximum absolute atomic E-state index is 4.95. The zero-order valence-corrected chi connectivity index (χ0v) is 14.2. The number of benzene rings is 1. The second-order valence-electron chi connectivity index (χ2n) is 6.97. The molecule has 3 heterocycles. The first kappa shape index (κ1) is 15.1. The van der Waals surface area contributed by atoms with Crippen LogP contribution in [0.25, 0.3) is 22.3 Å². The first-order valence-corrected chi connectivity index (χ1v) is 8.63. The summed E-state index contributed by atoms with van der Waals surface area (Å²) in [4.78, 5) is 16.3. The minimum atomic E-state index is 0.687. The predicted octanol–water partition coefficient (Wildman–Crippen LogP) is 4.17. The van der Waals surface area contributed by atoms with Gasteiger partial charge in [0.15, 0.2) is 5.82 Å². The first-order valence-electron chi connectivity index (χ1n) is 8.63. The lowest BCUT2D eigenvalue weighted by atomic mass is 9.92. The zero-order chi connectivity index (χ0) is 16.5. The molecule has 0 N–H and O–H groups in total. The van der Waals surface area contributed by atoms with E-state index in [0.29, 0.717) is 11.8 Å². The molecule has 0 bridgehead atoms. The second-order valence-corrected chi connectivity index (χ2v) is 6.97. The largest absolute Gasteiger partial charge is 0.355 e. The molecule has 0 unspecified atom stereocenters. The Labute approximate surface area is 142 Å². The molecule has 1 saturated heterocycles. The van der Waals surface area contributed by atoms with E-state index in [2.05, 4.69) is 41.9 Å². The van der Waals surface area contributed by atoms with E-state index in [4.69, 9.17) is 9.97 Å². The van der Waals surface area contributed by atoms with E-state index >= 15 is 0 Å². The third-order valence-electron chi connectivity index (χ3n) is 4.69. The fraction of sp³-hybridized carbons (Fsp3) is 0.350. The molecule has 1 aromatic carbocycles. The van der Waals surface area contributed by atoms with Crippen LogP contribution in [0.4, 0.5) is 5.82 Å². The average molecular weight is 318 g/mol. The van der Waals surface area contributed by atoms with Crippen LogP contribution in [0.5, 0.6) is 0 Å². The molecule has 1 aliphatic rings. The standard InChI is InChI=1S/C20H22N4/c1-14-11-15(2)13-24(12-14)20-17-5-3-4-6-18(17)22-19(23-20)16-7-9-21-10-8-16/h3-10,14-15H,11-13H2,1-2H3/t14-,15+. The molecule has 0 amide bonds. The highest BCUT2D eigenvalue weighted by atomic mass is 15.2. The van der Waals surface area contributed by atoms with Gasteiger partial charge in [-0.25, -0.2) is 9.97 Å². The van der Waals surface area contributed by atoms with E-state index < -0.39 is 0 Å². The van der Waals surface area contributed by atoms with Gasteiger partial charge in [0.2, 0.25) is 0 Å². The summed E-state index contributed by atoms with van der Waals surface area (Å²) in [6.45, 7) is 6.77. The number of aromatic nitrogens is 3. The van der Waals surface area contributed by atoms with Gasteiger partial charge in [0.05, 0.1) is 5.52 Å². The molecule has 0 saturated carbocycles. The molecular weight excluding hydrogens is 296 g/mol. The van der Waals surface area contributed by atoms with E-state index in [1.54, 1.807) is 12.4 Å². The van der Waals surface area contributed by atoms with Gasteiger partial charge in [-0.2, -0.15) is 0 Å². The Morgan fingerprint density at radius 1 is 0.917 bits per heavy atom. The van der Waals surface area contributed by atoms with Gasteiger partial charge in [-0.3, -0.25) is 4.98 Å². The lowest BCUT2D eigenvalue weighted by molar-refractivity contribution is 0.356. The molecule has 4 nitrogen and oxygen atoms in total. The number of nitrogens with zero attached hydrogens (tertiary/aromatic N) is 4. The van der Waals surface area contributed by atoms with Crippen LogP contribution in [0, 0.1) is 11.8 Å². The summed E-state index contributed by atoms with van der Waals surface area (Å²) in [5, 5.41) is 1.14. The minimum absolute atomic E-state index is 0.687. The van der Waals surface area contributed by atoms with Crippen molar-refractivity contribution in [2.75, 3.05) is 18.0 Å². The van der Waals surface area contributed by atoms with Crippen LogP contribution in [-0.4, -0.2) is 28.0 Å². The van der Waals surface area contributed by atoms with Crippen molar-refractivity contribution in [3.05, 3.63) is 48.8 Å². The number of pyridine rings is 1. The summed E-state index contributed by atoms with van der Waals surface area (Å²) < 4.78 is 0. The summed E-state index contributed by atoms with van der Waals surface area (Å²) in [5.74, 6) is 3.21. The van der Waals surface area contributed by atoms with Crippen molar-refractivity contribution in [2.24, 2.45) is 11.8 Å². The Morgan fingerprint density at radius 3 is 2.38 bits per heavy atom. The highest BCUT2D eigenvalue weighted by molar-refractivity contribution is 5.91. The molecule has 0 aliphatic carbocycles. The zero-order valence-electron chi connectivity index (χ0n) is 14.2. The van der Waals surface area contributed by atoms with Crippen molar-refractivity contribution in [1.82, 2.24) is 15.0 Å². The lowest BCUT2D eigenvalue weighted by Crippen LogP contribution is -2.39. The van der Waals surface area contributed by atoms with Crippen LogP contribution >= 0.6 is 0 Å². The minimum Gasteiger partial charge on any atom is -0.355 e. The molecular formula is C20H22N4. The molecule has 24 heavy (non-hydrogen) atoms. The average Bonchev–Trinajstić information content (AvgIpc) is 2.60. The van der Waals surface area contributed by atoms with Gasteiger partial charge in [0.25, 0.3) is 0 Å². The number of piperidine rings is 1. The molecule has 1 fully saturated rings. The van der Waals surface area contributed by atoms with E-state index in [1.165, 1.54) is 6.42 Å². The SMILES string of the molecule is C[C@@H]1C[C@H](C)CN(c2nc(-c3ccncc3)nc3ccccc23)C1. The van der Waals surface area contributed by atoms with Gasteiger partial charge >= 0.3 is 0 Å². The number of hydrogen-bond donors (Lipinski definition) is 0. The van der Waals surface area contributed by atoms with Crippen molar-refractivity contribution >= 4 is 16.7 Å². The van der Waals surface area contributed by atoms with E-state index in [9.17, 15) is 0 Å². The van der Waals surface area contributed by atoms with Gasteiger partial charge in [-0.05, 0) is 42.5 Å². The quantitative estimate of drug-likeness (QED) is 0.711. The highest BCUT2D eigenvalue weighted by Gasteiger charge is 2.24. The molecule has 1 aliphatic heterocycles.